The van der Waals surface area contributed by atoms with Gasteiger partial charge in [0.1, 0.15) is 0 Å². The Hall–Kier alpha value is -1.86. The molecule has 3 rings (SSSR count). The summed E-state index contributed by atoms with van der Waals surface area (Å²) in [4.78, 5) is 14.8. The highest BCUT2D eigenvalue weighted by molar-refractivity contribution is 9.10. The van der Waals surface area contributed by atoms with Crippen LogP contribution in [0.3, 0.4) is 0 Å². The van der Waals surface area contributed by atoms with Crippen LogP contribution in [-0.2, 0) is 16.4 Å². The van der Waals surface area contributed by atoms with Crippen LogP contribution in [-0.4, -0.2) is 26.6 Å². The quantitative estimate of drug-likeness (QED) is 0.763. The third kappa shape index (κ3) is 4.27. The van der Waals surface area contributed by atoms with Crippen LogP contribution in [0.4, 0.5) is 11.4 Å². The van der Waals surface area contributed by atoms with E-state index in [0.29, 0.717) is 24.2 Å². The molecule has 0 fully saturated rings. The molecule has 0 spiro atoms. The topological polar surface area (TPSA) is 66.5 Å². The van der Waals surface area contributed by atoms with Crippen molar-refractivity contribution in [1.29, 1.82) is 0 Å². The Balaban J connectivity index is 1.87. The number of amides is 1. The van der Waals surface area contributed by atoms with Crippen LogP contribution in [0.5, 0.6) is 0 Å². The van der Waals surface area contributed by atoms with Crippen molar-refractivity contribution in [2.24, 2.45) is 0 Å². The first kappa shape index (κ1) is 18.9. The molecule has 1 aliphatic heterocycles. The molecule has 7 heteroatoms. The van der Waals surface area contributed by atoms with Crippen molar-refractivity contribution in [2.75, 3.05) is 21.9 Å². The third-order valence-corrected chi connectivity index (χ3v) is 6.25. The summed E-state index contributed by atoms with van der Waals surface area (Å²) in [7, 11) is -3.39. The lowest BCUT2D eigenvalue weighted by Crippen LogP contribution is -2.35. The SMILES string of the molecule is CCCS(=O)(=O)Nc1cccc(C(=O)N2CCCc3cc(Br)ccc32)c1. The van der Waals surface area contributed by atoms with Crippen molar-refractivity contribution in [3.8, 4) is 0 Å². The third-order valence-electron chi connectivity index (χ3n) is 4.26. The molecule has 1 N–H and O–H groups in total. The molecule has 1 heterocycles. The van der Waals surface area contributed by atoms with Gasteiger partial charge in [-0.25, -0.2) is 8.42 Å². The normalized spacial score (nSPS) is 14.0. The van der Waals surface area contributed by atoms with E-state index in [-0.39, 0.29) is 11.7 Å². The molecule has 0 bridgehead atoms. The van der Waals surface area contributed by atoms with E-state index >= 15 is 0 Å². The van der Waals surface area contributed by atoms with Crippen LogP contribution in [0, 0.1) is 0 Å². The number of sulfonamides is 1. The number of anilines is 2. The molecule has 26 heavy (non-hydrogen) atoms. The fourth-order valence-electron chi connectivity index (χ4n) is 3.15. The molecule has 0 aliphatic carbocycles. The van der Waals surface area contributed by atoms with Crippen molar-refractivity contribution < 1.29 is 13.2 Å². The van der Waals surface area contributed by atoms with Crippen molar-refractivity contribution in [2.45, 2.75) is 26.2 Å². The van der Waals surface area contributed by atoms with E-state index in [0.717, 1.165) is 28.6 Å². The lowest BCUT2D eigenvalue weighted by molar-refractivity contribution is 0.0985. The van der Waals surface area contributed by atoms with Gasteiger partial charge in [-0.1, -0.05) is 28.9 Å². The summed E-state index contributed by atoms with van der Waals surface area (Å²) >= 11 is 3.47. The zero-order valence-electron chi connectivity index (χ0n) is 14.5. The van der Waals surface area contributed by atoms with E-state index in [9.17, 15) is 13.2 Å². The summed E-state index contributed by atoms with van der Waals surface area (Å²) < 4.78 is 27.5. The van der Waals surface area contributed by atoms with Gasteiger partial charge in [0.15, 0.2) is 0 Å². The van der Waals surface area contributed by atoms with Gasteiger partial charge in [0.25, 0.3) is 5.91 Å². The molecule has 0 saturated heterocycles. The highest BCUT2D eigenvalue weighted by Crippen LogP contribution is 2.31. The van der Waals surface area contributed by atoms with Gasteiger partial charge in [0.05, 0.1) is 5.75 Å². The number of carbonyl (C=O) groups excluding carboxylic acids is 1. The Labute approximate surface area is 162 Å². The Morgan fingerprint density at radius 2 is 2.04 bits per heavy atom. The van der Waals surface area contributed by atoms with Gasteiger partial charge in [0, 0.05) is 28.0 Å². The Morgan fingerprint density at radius 1 is 1.23 bits per heavy atom. The fraction of sp³-hybridized carbons (Fsp3) is 0.316. The number of nitrogens with zero attached hydrogens (tertiary/aromatic N) is 1. The number of hydrogen-bond acceptors (Lipinski definition) is 3. The maximum atomic E-state index is 13.0. The predicted octanol–water partition coefficient (Wildman–Crippen LogP) is 4.19. The zero-order valence-corrected chi connectivity index (χ0v) is 16.9. The van der Waals surface area contributed by atoms with Gasteiger partial charge in [-0.15, -0.1) is 0 Å². The van der Waals surface area contributed by atoms with Crippen molar-refractivity contribution in [1.82, 2.24) is 0 Å². The average molecular weight is 437 g/mol. The van der Waals surface area contributed by atoms with E-state index in [1.165, 1.54) is 0 Å². The van der Waals surface area contributed by atoms with E-state index in [1.54, 1.807) is 29.2 Å². The number of carbonyl (C=O) groups is 1. The zero-order chi connectivity index (χ0) is 18.7. The summed E-state index contributed by atoms with van der Waals surface area (Å²) in [5.41, 5.74) is 2.94. The van der Waals surface area contributed by atoms with E-state index in [2.05, 4.69) is 20.7 Å². The second kappa shape index (κ2) is 7.80. The standard InChI is InChI=1S/C19H21BrN2O3S/c1-2-11-26(24,25)21-17-7-3-5-15(13-17)19(23)22-10-4-6-14-12-16(20)8-9-18(14)22/h3,5,7-9,12-13,21H,2,4,6,10-11H2,1H3. The molecule has 2 aromatic carbocycles. The molecule has 0 atom stereocenters. The van der Waals surface area contributed by atoms with Crippen LogP contribution in [0.1, 0.15) is 35.7 Å². The van der Waals surface area contributed by atoms with Crippen LogP contribution in [0.25, 0.3) is 0 Å². The number of hydrogen-bond donors (Lipinski definition) is 1. The molecule has 1 amide bonds. The van der Waals surface area contributed by atoms with E-state index < -0.39 is 10.0 Å². The van der Waals surface area contributed by atoms with E-state index in [1.807, 2.05) is 25.1 Å². The predicted molar refractivity (Wildman–Crippen MR) is 108 cm³/mol. The minimum absolute atomic E-state index is 0.0551. The number of halogens is 1. The second-order valence-corrected chi connectivity index (χ2v) is 9.09. The highest BCUT2D eigenvalue weighted by Gasteiger charge is 2.24. The first-order valence-corrected chi connectivity index (χ1v) is 11.0. The number of aryl methyl sites for hydroxylation is 1. The van der Waals surface area contributed by atoms with Gasteiger partial charge in [0.2, 0.25) is 10.0 Å². The first-order chi connectivity index (χ1) is 12.4. The Bertz CT molecular complexity index is 928. The summed E-state index contributed by atoms with van der Waals surface area (Å²) in [5, 5.41) is 0. The number of rotatable bonds is 5. The number of benzene rings is 2. The maximum Gasteiger partial charge on any atom is 0.258 e. The smallest absolute Gasteiger partial charge is 0.258 e. The van der Waals surface area contributed by atoms with Gasteiger partial charge in [-0.3, -0.25) is 9.52 Å². The van der Waals surface area contributed by atoms with Crippen LogP contribution < -0.4 is 9.62 Å². The molecule has 0 aromatic heterocycles. The van der Waals surface area contributed by atoms with Crippen LogP contribution >= 0.6 is 15.9 Å². The van der Waals surface area contributed by atoms with Gasteiger partial charge in [-0.2, -0.15) is 0 Å². The summed E-state index contributed by atoms with van der Waals surface area (Å²) in [6.07, 6.45) is 2.38. The molecule has 1 aliphatic rings. The largest absolute Gasteiger partial charge is 0.308 e. The van der Waals surface area contributed by atoms with Gasteiger partial charge < -0.3 is 4.90 Å². The van der Waals surface area contributed by atoms with Crippen molar-refractivity contribution in [3.05, 3.63) is 58.1 Å². The Kier molecular flexibility index (Phi) is 5.67. The Morgan fingerprint density at radius 3 is 2.81 bits per heavy atom. The molecule has 0 unspecified atom stereocenters. The van der Waals surface area contributed by atoms with Crippen molar-refractivity contribution in [3.63, 3.8) is 0 Å². The van der Waals surface area contributed by atoms with Gasteiger partial charge >= 0.3 is 0 Å². The number of fused-ring (bicyclic) bond motifs is 1. The van der Waals surface area contributed by atoms with Crippen molar-refractivity contribution >= 4 is 43.2 Å². The van der Waals surface area contributed by atoms with Crippen LogP contribution in [0.15, 0.2) is 46.9 Å². The summed E-state index contributed by atoms with van der Waals surface area (Å²) in [6, 6.07) is 12.6. The monoisotopic (exact) mass is 436 g/mol. The number of nitrogens with one attached hydrogen (secondary N) is 1. The average Bonchev–Trinajstić information content (AvgIpc) is 2.60. The minimum Gasteiger partial charge on any atom is -0.308 e. The molecule has 138 valence electrons. The lowest BCUT2D eigenvalue weighted by Gasteiger charge is -2.30. The summed E-state index contributed by atoms with van der Waals surface area (Å²) in [5.74, 6) is -0.0654. The highest BCUT2D eigenvalue weighted by atomic mass is 79.9. The maximum absolute atomic E-state index is 13.0. The van der Waals surface area contributed by atoms with Crippen LogP contribution in [0.2, 0.25) is 0 Å². The van der Waals surface area contributed by atoms with Gasteiger partial charge in [-0.05, 0) is 61.2 Å². The fourth-order valence-corrected chi connectivity index (χ4v) is 4.68. The minimum atomic E-state index is -3.39. The molecule has 2 aromatic rings. The molecule has 0 saturated carbocycles. The summed E-state index contributed by atoms with van der Waals surface area (Å²) in [6.45, 7) is 2.46. The first-order valence-electron chi connectivity index (χ1n) is 8.60. The second-order valence-electron chi connectivity index (χ2n) is 6.34. The molecule has 5 nitrogen and oxygen atoms in total. The molecular weight excluding hydrogens is 416 g/mol. The molecular formula is C19H21BrN2O3S. The molecule has 0 radical (unpaired) electrons. The van der Waals surface area contributed by atoms with E-state index in [4.69, 9.17) is 0 Å². The lowest BCUT2D eigenvalue weighted by atomic mass is 10.0.